The summed E-state index contributed by atoms with van der Waals surface area (Å²) >= 11 is 0. The lowest BCUT2D eigenvalue weighted by molar-refractivity contribution is -0.131. The number of hydrogen-bond donors (Lipinski definition) is 2. The van der Waals surface area contributed by atoms with Crippen LogP contribution < -0.4 is 25.8 Å². The van der Waals surface area contributed by atoms with Crippen molar-refractivity contribution < 1.29 is 23.1 Å². The Morgan fingerprint density at radius 2 is 2.00 bits per heavy atom. The molecule has 170 valence electrons. The fourth-order valence-corrected chi connectivity index (χ4v) is 3.76. The molecule has 10 nitrogen and oxygen atoms in total. The predicted molar refractivity (Wildman–Crippen MR) is 116 cm³/mol. The van der Waals surface area contributed by atoms with Gasteiger partial charge in [0.25, 0.3) is 0 Å². The van der Waals surface area contributed by atoms with E-state index in [2.05, 4.69) is 9.97 Å². The van der Waals surface area contributed by atoms with Crippen LogP contribution in [0.15, 0.2) is 29.1 Å². The number of amides is 1. The molecule has 1 aliphatic rings. The van der Waals surface area contributed by atoms with E-state index in [4.69, 9.17) is 25.4 Å². The third-order valence-electron chi connectivity index (χ3n) is 5.57. The highest BCUT2D eigenvalue weighted by atomic mass is 19.1. The average Bonchev–Trinajstić information content (AvgIpc) is 3.34. The largest absolute Gasteiger partial charge is 0.493 e. The monoisotopic (exact) mass is 444 g/mol. The molecule has 0 aliphatic carbocycles. The maximum atomic E-state index is 15.0. The van der Waals surface area contributed by atoms with Gasteiger partial charge in [0.1, 0.15) is 11.3 Å². The van der Waals surface area contributed by atoms with Crippen LogP contribution in [0.5, 0.6) is 11.5 Å². The molecule has 0 bridgehead atoms. The summed E-state index contributed by atoms with van der Waals surface area (Å²) in [5.41, 5.74) is 13.0. The second kappa shape index (κ2) is 8.87. The number of nitrogens with two attached hydrogens (primary N) is 2. The number of aromatic nitrogens is 2. The van der Waals surface area contributed by atoms with Crippen molar-refractivity contribution in [3.63, 3.8) is 0 Å². The van der Waals surface area contributed by atoms with Crippen LogP contribution in [0.2, 0.25) is 0 Å². The summed E-state index contributed by atoms with van der Waals surface area (Å²) in [6.07, 6.45) is 3.26. The molecule has 3 aromatic rings. The van der Waals surface area contributed by atoms with Crippen LogP contribution in [0, 0.1) is 5.82 Å². The smallest absolute Gasteiger partial charge is 0.228 e. The van der Waals surface area contributed by atoms with Gasteiger partial charge in [-0.2, -0.15) is 4.98 Å². The summed E-state index contributed by atoms with van der Waals surface area (Å²) in [6.45, 7) is 1.89. The van der Waals surface area contributed by atoms with Crippen LogP contribution >= 0.6 is 0 Å². The van der Waals surface area contributed by atoms with Gasteiger partial charge in [0, 0.05) is 49.6 Å². The molecular weight excluding hydrogens is 419 g/mol. The molecule has 0 spiro atoms. The first kappa shape index (κ1) is 21.6. The number of nitrogen functional groups attached to an aromatic ring is 1. The summed E-state index contributed by atoms with van der Waals surface area (Å²) < 4.78 is 30.3. The fourth-order valence-electron chi connectivity index (χ4n) is 3.76. The van der Waals surface area contributed by atoms with Gasteiger partial charge in [0.15, 0.2) is 17.3 Å². The molecule has 4 rings (SSSR count). The maximum Gasteiger partial charge on any atom is 0.228 e. The lowest BCUT2D eigenvalue weighted by atomic mass is 10.1. The normalized spacial score (nSPS) is 15.1. The Balaban J connectivity index is 1.49. The van der Waals surface area contributed by atoms with Crippen molar-refractivity contribution in [1.82, 2.24) is 14.9 Å². The van der Waals surface area contributed by atoms with Crippen LogP contribution in [0.25, 0.3) is 10.9 Å². The number of ether oxygens (including phenoxy) is 2. The number of carbonyl (C=O) groups is 1. The minimum atomic E-state index is -0.667. The highest BCUT2D eigenvalue weighted by Crippen LogP contribution is 2.37. The first-order valence-corrected chi connectivity index (χ1v) is 10.1. The molecule has 0 unspecified atom stereocenters. The van der Waals surface area contributed by atoms with Gasteiger partial charge in [0.2, 0.25) is 11.9 Å². The van der Waals surface area contributed by atoms with Crippen LogP contribution in [0.4, 0.5) is 16.2 Å². The molecule has 11 heteroatoms. The van der Waals surface area contributed by atoms with Gasteiger partial charge in [0.05, 0.1) is 26.7 Å². The first-order chi connectivity index (χ1) is 15.4. The molecule has 0 saturated carbocycles. The second-order valence-electron chi connectivity index (χ2n) is 7.47. The number of benzene rings is 1. The first-order valence-electron chi connectivity index (χ1n) is 10.1. The van der Waals surface area contributed by atoms with E-state index in [9.17, 15) is 4.79 Å². The van der Waals surface area contributed by atoms with Gasteiger partial charge < -0.3 is 35.2 Å². The minimum Gasteiger partial charge on any atom is -0.493 e. The van der Waals surface area contributed by atoms with Gasteiger partial charge >= 0.3 is 0 Å². The maximum absolute atomic E-state index is 15.0. The van der Waals surface area contributed by atoms with E-state index in [0.717, 1.165) is 5.56 Å². The Labute approximate surface area is 183 Å². The van der Waals surface area contributed by atoms with E-state index in [1.807, 2.05) is 4.90 Å². The molecule has 4 N–H and O–H groups in total. The van der Waals surface area contributed by atoms with Crippen LogP contribution in [-0.4, -0.2) is 61.2 Å². The molecule has 1 saturated heterocycles. The zero-order valence-corrected chi connectivity index (χ0v) is 17.9. The summed E-state index contributed by atoms with van der Waals surface area (Å²) in [6, 6.07) is 2.88. The summed E-state index contributed by atoms with van der Waals surface area (Å²) in [5, 5.41) is 0.339. The number of hydrogen-bond acceptors (Lipinski definition) is 9. The van der Waals surface area contributed by atoms with E-state index >= 15 is 4.39 Å². The average molecular weight is 444 g/mol. The van der Waals surface area contributed by atoms with Crippen molar-refractivity contribution in [1.29, 1.82) is 0 Å². The van der Waals surface area contributed by atoms with Gasteiger partial charge in [-0.1, -0.05) is 0 Å². The number of rotatable bonds is 6. The highest BCUT2D eigenvalue weighted by molar-refractivity contribution is 5.92. The van der Waals surface area contributed by atoms with Gasteiger partial charge in [-0.3, -0.25) is 4.79 Å². The van der Waals surface area contributed by atoms with E-state index in [1.54, 1.807) is 23.3 Å². The van der Waals surface area contributed by atoms with Crippen LogP contribution in [-0.2, 0) is 4.79 Å². The molecule has 1 aromatic carbocycles. The SMILES string of the molecule is COc1cc2c(N)nc(N3CCN(C(=O)C[C@@H](N)c4ccoc4)CC3)nc2c(F)c1OC. The summed E-state index contributed by atoms with van der Waals surface area (Å²) in [7, 11) is 2.77. The van der Waals surface area contributed by atoms with E-state index in [0.29, 0.717) is 37.5 Å². The van der Waals surface area contributed by atoms with Crippen LogP contribution in [0.3, 0.4) is 0 Å². The minimum absolute atomic E-state index is 0.0415. The molecule has 1 atom stereocenters. The predicted octanol–water partition coefficient (Wildman–Crippen LogP) is 1.70. The molecule has 2 aromatic heterocycles. The Kier molecular flexibility index (Phi) is 5.99. The number of anilines is 2. The fraction of sp³-hybridized carbons (Fsp3) is 0.381. The number of methoxy groups -OCH3 is 2. The molecule has 1 fully saturated rings. The highest BCUT2D eigenvalue weighted by Gasteiger charge is 2.26. The van der Waals surface area contributed by atoms with Crippen molar-refractivity contribution in [3.8, 4) is 11.5 Å². The van der Waals surface area contributed by atoms with Crippen molar-refractivity contribution >= 4 is 28.6 Å². The second-order valence-corrected chi connectivity index (χ2v) is 7.47. The quantitative estimate of drug-likeness (QED) is 0.583. The Hall–Kier alpha value is -3.60. The Morgan fingerprint density at radius 3 is 2.62 bits per heavy atom. The molecule has 0 radical (unpaired) electrons. The summed E-state index contributed by atoms with van der Waals surface area (Å²) in [4.78, 5) is 25.0. The lowest BCUT2D eigenvalue weighted by Gasteiger charge is -2.35. The lowest BCUT2D eigenvalue weighted by Crippen LogP contribution is -2.49. The van der Waals surface area contributed by atoms with E-state index in [-0.39, 0.29) is 35.2 Å². The molecule has 1 aliphatic heterocycles. The zero-order valence-electron chi connectivity index (χ0n) is 17.9. The third-order valence-corrected chi connectivity index (χ3v) is 5.57. The number of halogens is 1. The Morgan fingerprint density at radius 1 is 1.25 bits per heavy atom. The Bertz CT molecular complexity index is 1120. The number of nitrogens with zero attached hydrogens (tertiary/aromatic N) is 4. The van der Waals surface area contributed by atoms with E-state index in [1.165, 1.54) is 20.5 Å². The molecular formula is C21H25FN6O4. The summed E-state index contributed by atoms with van der Waals surface area (Å²) in [5.74, 6) is -0.119. The van der Waals surface area contributed by atoms with Gasteiger partial charge in [-0.25, -0.2) is 9.37 Å². The van der Waals surface area contributed by atoms with Crippen molar-refractivity contribution in [3.05, 3.63) is 36.0 Å². The van der Waals surface area contributed by atoms with Crippen molar-refractivity contribution in [2.45, 2.75) is 12.5 Å². The van der Waals surface area contributed by atoms with Crippen molar-refractivity contribution in [2.24, 2.45) is 5.73 Å². The number of piperazine rings is 1. The molecule has 32 heavy (non-hydrogen) atoms. The van der Waals surface area contributed by atoms with Gasteiger partial charge in [-0.15, -0.1) is 0 Å². The standard InChI is InChI=1S/C21H25FN6O4/c1-30-15-9-13-18(17(22)19(15)31-2)25-21(26-20(13)24)28-6-4-27(5-7-28)16(29)10-14(23)12-3-8-32-11-12/h3,8-9,11,14H,4-7,10,23H2,1-2H3,(H2,24,25,26)/t14-/m1/s1. The number of carbonyl (C=O) groups excluding carboxylic acids is 1. The molecule has 1 amide bonds. The van der Waals surface area contributed by atoms with Crippen molar-refractivity contribution in [2.75, 3.05) is 51.0 Å². The van der Waals surface area contributed by atoms with Gasteiger partial charge in [-0.05, 0) is 12.1 Å². The topological polar surface area (TPSA) is 133 Å². The van der Waals surface area contributed by atoms with E-state index < -0.39 is 11.9 Å². The molecule has 3 heterocycles. The third kappa shape index (κ3) is 3.98. The number of fused-ring (bicyclic) bond motifs is 1. The zero-order chi connectivity index (χ0) is 22.8. The number of furan rings is 1. The van der Waals surface area contributed by atoms with Crippen LogP contribution in [0.1, 0.15) is 18.0 Å².